The Morgan fingerprint density at radius 2 is 2.11 bits per heavy atom. The first-order chi connectivity index (χ1) is 13.0. The molecular formula is C18H26ClN5O2S. The summed E-state index contributed by atoms with van der Waals surface area (Å²) in [6, 6.07) is 2.21. The predicted molar refractivity (Wildman–Crippen MR) is 107 cm³/mol. The fraction of sp³-hybridized carbons (Fsp3) is 0.667. The second-order valence-electron chi connectivity index (χ2n) is 7.09. The Bertz CT molecular complexity index is 700. The van der Waals surface area contributed by atoms with Crippen LogP contribution in [0.3, 0.4) is 0 Å². The summed E-state index contributed by atoms with van der Waals surface area (Å²) in [5.41, 5.74) is 0. The summed E-state index contributed by atoms with van der Waals surface area (Å²) in [5.74, 6) is 1.24. The number of aromatic nitrogens is 2. The summed E-state index contributed by atoms with van der Waals surface area (Å²) in [5, 5.41) is 3.82. The molecule has 3 rings (SSSR count). The van der Waals surface area contributed by atoms with Crippen molar-refractivity contribution in [2.75, 3.05) is 30.3 Å². The van der Waals surface area contributed by atoms with Crippen LogP contribution in [0.2, 0.25) is 5.15 Å². The molecular weight excluding hydrogens is 386 g/mol. The molecule has 1 aromatic rings. The van der Waals surface area contributed by atoms with Crippen LogP contribution in [-0.4, -0.2) is 64.2 Å². The van der Waals surface area contributed by atoms with E-state index in [-0.39, 0.29) is 23.6 Å². The number of amides is 2. The molecule has 0 bridgehead atoms. The van der Waals surface area contributed by atoms with Crippen LogP contribution in [0.1, 0.15) is 39.5 Å². The minimum absolute atomic E-state index is 0.00398. The number of nitrogens with one attached hydrogen (secondary N) is 1. The standard InChI is InChI=1S/C18H26ClN5O2S/c1-3-4-17(26)24-8-7-23(10-12(24)2)15-9-14(19)21-18(22-15)27-11-16(25)20-13-5-6-13/h9,12-13H,3-8,10-11H2,1-2H3,(H,20,25). The van der Waals surface area contributed by atoms with Gasteiger partial charge >= 0.3 is 0 Å². The molecule has 1 aliphatic heterocycles. The number of nitrogens with zero attached hydrogens (tertiary/aromatic N) is 4. The number of rotatable bonds is 7. The Balaban J connectivity index is 1.60. The molecule has 1 saturated heterocycles. The van der Waals surface area contributed by atoms with E-state index in [0.29, 0.717) is 42.4 Å². The van der Waals surface area contributed by atoms with Crippen LogP contribution in [0.4, 0.5) is 5.82 Å². The molecule has 1 saturated carbocycles. The van der Waals surface area contributed by atoms with E-state index in [0.717, 1.165) is 25.1 Å². The lowest BCUT2D eigenvalue weighted by molar-refractivity contribution is -0.133. The Labute approximate surface area is 169 Å². The maximum Gasteiger partial charge on any atom is 0.230 e. The average Bonchev–Trinajstić information content (AvgIpc) is 3.43. The van der Waals surface area contributed by atoms with E-state index in [2.05, 4.69) is 27.1 Å². The molecule has 27 heavy (non-hydrogen) atoms. The van der Waals surface area contributed by atoms with Gasteiger partial charge in [-0.15, -0.1) is 0 Å². The van der Waals surface area contributed by atoms with Crippen molar-refractivity contribution in [3.05, 3.63) is 11.2 Å². The van der Waals surface area contributed by atoms with Gasteiger partial charge in [-0.05, 0) is 26.2 Å². The number of carbonyl (C=O) groups is 2. The topological polar surface area (TPSA) is 78.4 Å². The zero-order chi connectivity index (χ0) is 19.4. The summed E-state index contributed by atoms with van der Waals surface area (Å²) >= 11 is 7.47. The van der Waals surface area contributed by atoms with Crippen molar-refractivity contribution in [3.63, 3.8) is 0 Å². The Hall–Kier alpha value is -1.54. The maximum atomic E-state index is 12.2. The summed E-state index contributed by atoms with van der Waals surface area (Å²) < 4.78 is 0. The van der Waals surface area contributed by atoms with Crippen molar-refractivity contribution >= 4 is 41.0 Å². The van der Waals surface area contributed by atoms with Gasteiger partial charge < -0.3 is 15.1 Å². The lowest BCUT2D eigenvalue weighted by Gasteiger charge is -2.40. The second kappa shape index (κ2) is 9.10. The highest BCUT2D eigenvalue weighted by molar-refractivity contribution is 7.99. The van der Waals surface area contributed by atoms with Crippen molar-refractivity contribution < 1.29 is 9.59 Å². The van der Waals surface area contributed by atoms with Gasteiger partial charge in [-0.3, -0.25) is 9.59 Å². The summed E-state index contributed by atoms with van der Waals surface area (Å²) in [7, 11) is 0. The molecule has 1 aliphatic carbocycles. The van der Waals surface area contributed by atoms with E-state index < -0.39 is 0 Å². The SMILES string of the molecule is CCCC(=O)N1CCN(c2cc(Cl)nc(SCC(=O)NC3CC3)n2)CC1C. The van der Waals surface area contributed by atoms with E-state index in [9.17, 15) is 9.59 Å². The third-order valence-corrected chi connectivity index (χ3v) is 5.71. The van der Waals surface area contributed by atoms with Crippen LogP contribution in [0, 0.1) is 0 Å². The monoisotopic (exact) mass is 411 g/mol. The van der Waals surface area contributed by atoms with E-state index in [4.69, 9.17) is 11.6 Å². The Morgan fingerprint density at radius 1 is 1.33 bits per heavy atom. The fourth-order valence-corrected chi connectivity index (χ4v) is 4.03. The maximum absolute atomic E-state index is 12.2. The molecule has 7 nitrogen and oxygen atoms in total. The highest BCUT2D eigenvalue weighted by atomic mass is 35.5. The zero-order valence-electron chi connectivity index (χ0n) is 15.8. The normalized spacial score (nSPS) is 19.9. The van der Waals surface area contributed by atoms with Gasteiger partial charge in [0.05, 0.1) is 5.75 Å². The molecule has 0 spiro atoms. The van der Waals surface area contributed by atoms with Crippen LogP contribution in [0.5, 0.6) is 0 Å². The number of anilines is 1. The molecule has 1 atom stereocenters. The highest BCUT2D eigenvalue weighted by Gasteiger charge is 2.28. The minimum Gasteiger partial charge on any atom is -0.353 e. The van der Waals surface area contributed by atoms with Gasteiger partial charge in [0.1, 0.15) is 11.0 Å². The van der Waals surface area contributed by atoms with Gasteiger partial charge in [-0.1, -0.05) is 30.3 Å². The van der Waals surface area contributed by atoms with Crippen molar-refractivity contribution in [3.8, 4) is 0 Å². The fourth-order valence-electron chi connectivity index (χ4n) is 3.13. The molecule has 2 heterocycles. The van der Waals surface area contributed by atoms with Crippen LogP contribution >= 0.6 is 23.4 Å². The van der Waals surface area contributed by atoms with Gasteiger partial charge in [-0.25, -0.2) is 9.97 Å². The first-order valence-corrected chi connectivity index (χ1v) is 10.8. The number of halogens is 1. The van der Waals surface area contributed by atoms with E-state index in [1.54, 1.807) is 6.07 Å². The van der Waals surface area contributed by atoms with Crippen molar-refractivity contribution in [2.24, 2.45) is 0 Å². The Kier molecular flexibility index (Phi) is 6.81. The predicted octanol–water partition coefficient (Wildman–Crippen LogP) is 2.34. The van der Waals surface area contributed by atoms with E-state index in [1.165, 1.54) is 11.8 Å². The van der Waals surface area contributed by atoms with Gasteiger partial charge in [0.25, 0.3) is 0 Å². The average molecular weight is 412 g/mol. The molecule has 2 amide bonds. The van der Waals surface area contributed by atoms with Gasteiger partial charge in [0, 0.05) is 44.2 Å². The first kappa shape index (κ1) is 20.2. The van der Waals surface area contributed by atoms with Crippen LogP contribution in [-0.2, 0) is 9.59 Å². The lowest BCUT2D eigenvalue weighted by Crippen LogP contribution is -2.54. The molecule has 148 valence electrons. The lowest BCUT2D eigenvalue weighted by atomic mass is 10.1. The number of hydrogen-bond donors (Lipinski definition) is 1. The molecule has 2 aliphatic rings. The molecule has 0 radical (unpaired) electrons. The highest BCUT2D eigenvalue weighted by Crippen LogP contribution is 2.25. The third-order valence-electron chi connectivity index (χ3n) is 4.67. The molecule has 0 aromatic carbocycles. The molecule has 1 unspecified atom stereocenters. The van der Waals surface area contributed by atoms with Crippen molar-refractivity contribution in [1.82, 2.24) is 20.2 Å². The molecule has 2 fully saturated rings. The minimum atomic E-state index is 0.00398. The largest absolute Gasteiger partial charge is 0.353 e. The van der Waals surface area contributed by atoms with Crippen LogP contribution in [0.15, 0.2) is 11.2 Å². The zero-order valence-corrected chi connectivity index (χ0v) is 17.4. The van der Waals surface area contributed by atoms with Gasteiger partial charge in [-0.2, -0.15) is 0 Å². The third kappa shape index (κ3) is 5.72. The van der Waals surface area contributed by atoms with Crippen molar-refractivity contribution in [1.29, 1.82) is 0 Å². The van der Waals surface area contributed by atoms with E-state index >= 15 is 0 Å². The second-order valence-corrected chi connectivity index (χ2v) is 8.42. The van der Waals surface area contributed by atoms with Crippen LogP contribution in [0.25, 0.3) is 0 Å². The summed E-state index contributed by atoms with van der Waals surface area (Å²) in [6.07, 6.45) is 3.59. The Morgan fingerprint density at radius 3 is 2.78 bits per heavy atom. The van der Waals surface area contributed by atoms with Crippen molar-refractivity contribution in [2.45, 2.75) is 56.8 Å². The summed E-state index contributed by atoms with van der Waals surface area (Å²) in [4.78, 5) is 37.0. The summed E-state index contributed by atoms with van der Waals surface area (Å²) in [6.45, 7) is 6.16. The number of thioether (sulfide) groups is 1. The number of piperazine rings is 1. The van der Waals surface area contributed by atoms with Gasteiger partial charge in [0.15, 0.2) is 5.16 Å². The van der Waals surface area contributed by atoms with Gasteiger partial charge in [0.2, 0.25) is 11.8 Å². The molecule has 9 heteroatoms. The van der Waals surface area contributed by atoms with Crippen LogP contribution < -0.4 is 10.2 Å². The first-order valence-electron chi connectivity index (χ1n) is 9.47. The number of hydrogen-bond acceptors (Lipinski definition) is 6. The smallest absolute Gasteiger partial charge is 0.230 e. The quantitative estimate of drug-likeness (QED) is 0.421. The van der Waals surface area contributed by atoms with E-state index in [1.807, 2.05) is 11.8 Å². The number of carbonyl (C=O) groups excluding carboxylic acids is 2. The molecule has 1 N–H and O–H groups in total. The molecule has 1 aromatic heterocycles.